The monoisotopic (exact) mass is 507 g/mol. The second-order valence-electron chi connectivity index (χ2n) is 8.27. The fourth-order valence-electron chi connectivity index (χ4n) is 6.04. The Morgan fingerprint density at radius 2 is 1.40 bits per heavy atom. The van der Waals surface area contributed by atoms with Gasteiger partial charge in [0.1, 0.15) is 0 Å². The summed E-state index contributed by atoms with van der Waals surface area (Å²) in [5.41, 5.74) is 3.75. The maximum atomic E-state index is 13.8. The predicted molar refractivity (Wildman–Crippen MR) is 121 cm³/mol. The molecular weight excluding hydrogens is 489 g/mol. The van der Waals surface area contributed by atoms with Gasteiger partial charge in [-0.2, -0.15) is 0 Å². The van der Waals surface area contributed by atoms with Crippen molar-refractivity contribution in [2.45, 2.75) is 11.3 Å². The lowest BCUT2D eigenvalue weighted by Gasteiger charge is -2.53. The van der Waals surface area contributed by atoms with E-state index in [-0.39, 0.29) is 24.3 Å². The Labute approximate surface area is 187 Å². The molecule has 3 aromatic carbocycles. The zero-order valence-corrected chi connectivity index (χ0v) is 18.1. The Bertz CT molecular complexity index is 1170. The molecule has 2 bridgehead atoms. The number of rotatable bonds is 2. The first-order valence-corrected chi connectivity index (χ1v) is 11.1. The van der Waals surface area contributed by atoms with Gasteiger partial charge in [0.15, 0.2) is 0 Å². The van der Waals surface area contributed by atoms with Crippen LogP contribution in [0.15, 0.2) is 72.8 Å². The molecule has 2 atom stereocenters. The summed E-state index contributed by atoms with van der Waals surface area (Å²) in [6.45, 7) is -0.214. The molecule has 0 radical (unpaired) electrons. The molecule has 7 rings (SSSR count). The Morgan fingerprint density at radius 3 is 1.97 bits per heavy atom. The number of carbonyl (C=O) groups is 2. The highest BCUT2D eigenvalue weighted by Gasteiger charge is 2.68. The van der Waals surface area contributed by atoms with E-state index in [1.165, 1.54) is 4.90 Å². The molecule has 2 amide bonds. The van der Waals surface area contributed by atoms with Crippen molar-refractivity contribution < 1.29 is 14.7 Å². The molecule has 1 saturated heterocycles. The summed E-state index contributed by atoms with van der Waals surface area (Å²) in [4.78, 5) is 28.9. The number of hydrogen-bond acceptors (Lipinski definition) is 3. The minimum Gasteiger partial charge on any atom is -0.395 e. The van der Waals surface area contributed by atoms with Crippen molar-refractivity contribution in [3.8, 4) is 0 Å². The van der Waals surface area contributed by atoms with Crippen LogP contribution in [0.1, 0.15) is 28.2 Å². The van der Waals surface area contributed by atoms with Crippen LogP contribution in [-0.4, -0.2) is 23.5 Å². The maximum Gasteiger partial charge on any atom is 0.239 e. The highest BCUT2D eigenvalue weighted by atomic mass is 127. The van der Waals surface area contributed by atoms with Crippen LogP contribution in [-0.2, 0) is 15.0 Å². The van der Waals surface area contributed by atoms with Crippen molar-refractivity contribution in [2.24, 2.45) is 11.8 Å². The summed E-state index contributed by atoms with van der Waals surface area (Å²) in [6, 6.07) is 23.4. The Kier molecular flexibility index (Phi) is 3.81. The molecular formula is C25H18INO3. The fourth-order valence-corrected chi connectivity index (χ4v) is 6.40. The van der Waals surface area contributed by atoms with E-state index < -0.39 is 17.3 Å². The van der Waals surface area contributed by atoms with E-state index in [2.05, 4.69) is 22.6 Å². The SMILES string of the molecule is O=C1C2C3c4ccccc4C(CO)(c4ccccc43)C2C(=O)N1c1ccc(I)cc1. The number of nitrogens with zero attached hydrogens (tertiary/aromatic N) is 1. The molecule has 1 N–H and O–H groups in total. The molecule has 2 unspecified atom stereocenters. The topological polar surface area (TPSA) is 57.6 Å². The molecule has 0 spiro atoms. The molecule has 3 aromatic rings. The molecule has 1 heterocycles. The number of benzene rings is 3. The zero-order chi connectivity index (χ0) is 20.6. The van der Waals surface area contributed by atoms with E-state index in [1.807, 2.05) is 72.8 Å². The lowest BCUT2D eigenvalue weighted by molar-refractivity contribution is -0.124. The van der Waals surface area contributed by atoms with Crippen LogP contribution < -0.4 is 4.90 Å². The van der Waals surface area contributed by atoms with Crippen LogP contribution in [0.2, 0.25) is 0 Å². The zero-order valence-electron chi connectivity index (χ0n) is 16.0. The van der Waals surface area contributed by atoms with E-state index in [0.29, 0.717) is 5.69 Å². The van der Waals surface area contributed by atoms with Gasteiger partial charge in [-0.15, -0.1) is 0 Å². The van der Waals surface area contributed by atoms with Crippen molar-refractivity contribution in [3.63, 3.8) is 0 Å². The molecule has 4 aliphatic rings. The third-order valence-electron chi connectivity index (χ3n) is 7.13. The number of aliphatic hydroxyl groups excluding tert-OH is 1. The van der Waals surface area contributed by atoms with Crippen LogP contribution in [0, 0.1) is 15.4 Å². The van der Waals surface area contributed by atoms with Crippen LogP contribution in [0.5, 0.6) is 0 Å². The van der Waals surface area contributed by atoms with E-state index in [4.69, 9.17) is 0 Å². The van der Waals surface area contributed by atoms with Crippen molar-refractivity contribution in [1.82, 2.24) is 0 Å². The van der Waals surface area contributed by atoms with Gasteiger partial charge >= 0.3 is 0 Å². The van der Waals surface area contributed by atoms with Crippen LogP contribution in [0.4, 0.5) is 5.69 Å². The van der Waals surface area contributed by atoms with E-state index in [1.54, 1.807) is 0 Å². The summed E-state index contributed by atoms with van der Waals surface area (Å²) < 4.78 is 1.04. The number of carbonyl (C=O) groups excluding carboxylic acids is 2. The van der Waals surface area contributed by atoms with Crippen molar-refractivity contribution >= 4 is 40.1 Å². The van der Waals surface area contributed by atoms with Gasteiger partial charge in [-0.1, -0.05) is 48.5 Å². The number of amides is 2. The second kappa shape index (κ2) is 6.25. The van der Waals surface area contributed by atoms with Crippen LogP contribution >= 0.6 is 22.6 Å². The first kappa shape index (κ1) is 18.3. The number of aliphatic hydroxyl groups is 1. The highest BCUT2D eigenvalue weighted by Crippen LogP contribution is 2.64. The minimum atomic E-state index is -0.905. The van der Waals surface area contributed by atoms with Gasteiger partial charge in [-0.05, 0) is 69.1 Å². The van der Waals surface area contributed by atoms with E-state index >= 15 is 0 Å². The normalized spacial score (nSPS) is 28.3. The first-order chi connectivity index (χ1) is 14.6. The summed E-state index contributed by atoms with van der Waals surface area (Å²) in [7, 11) is 0. The summed E-state index contributed by atoms with van der Waals surface area (Å²) >= 11 is 2.21. The Morgan fingerprint density at radius 1 is 0.833 bits per heavy atom. The molecule has 1 aliphatic heterocycles. The number of imide groups is 1. The molecule has 1 fully saturated rings. The molecule has 5 heteroatoms. The quantitative estimate of drug-likeness (QED) is 0.424. The van der Waals surface area contributed by atoms with E-state index in [9.17, 15) is 14.7 Å². The molecule has 0 aromatic heterocycles. The Hall–Kier alpha value is -2.51. The average Bonchev–Trinajstić information content (AvgIpc) is 3.05. The molecule has 30 heavy (non-hydrogen) atoms. The summed E-state index contributed by atoms with van der Waals surface area (Å²) in [6.07, 6.45) is 0. The highest BCUT2D eigenvalue weighted by molar-refractivity contribution is 14.1. The largest absolute Gasteiger partial charge is 0.395 e. The molecule has 148 valence electrons. The van der Waals surface area contributed by atoms with Crippen molar-refractivity contribution in [3.05, 3.63) is 98.6 Å². The van der Waals surface area contributed by atoms with Gasteiger partial charge < -0.3 is 5.11 Å². The minimum absolute atomic E-state index is 0.168. The third-order valence-corrected chi connectivity index (χ3v) is 7.85. The van der Waals surface area contributed by atoms with Crippen LogP contribution in [0.25, 0.3) is 0 Å². The average molecular weight is 507 g/mol. The van der Waals surface area contributed by atoms with E-state index in [0.717, 1.165) is 25.8 Å². The third kappa shape index (κ3) is 2.04. The Balaban J connectivity index is 1.63. The van der Waals surface area contributed by atoms with Crippen molar-refractivity contribution in [2.75, 3.05) is 11.5 Å². The predicted octanol–water partition coefficient (Wildman–Crippen LogP) is 3.83. The second-order valence-corrected chi connectivity index (χ2v) is 9.52. The standard InChI is InChI=1S/C25H18INO3/c26-14-9-11-15(12-10-14)27-23(29)21-20-16-5-1-3-7-18(16)25(13-28,22(21)24(27)30)19-8-4-2-6-17(19)20/h1-12,20-22,28H,13H2. The summed E-state index contributed by atoms with van der Waals surface area (Å²) in [5.74, 6) is -1.67. The van der Waals surface area contributed by atoms with Gasteiger partial charge in [0.05, 0.1) is 29.5 Å². The number of anilines is 1. The van der Waals surface area contributed by atoms with Crippen LogP contribution in [0.3, 0.4) is 0 Å². The lowest BCUT2D eigenvalue weighted by Crippen LogP contribution is -2.55. The van der Waals surface area contributed by atoms with Gasteiger partial charge in [0.2, 0.25) is 11.8 Å². The van der Waals surface area contributed by atoms with Gasteiger partial charge in [0.25, 0.3) is 0 Å². The number of halogens is 1. The summed E-state index contributed by atoms with van der Waals surface area (Å²) in [5, 5.41) is 10.8. The fraction of sp³-hybridized carbons (Fsp3) is 0.200. The van der Waals surface area contributed by atoms with Gasteiger partial charge in [-0.25, -0.2) is 4.90 Å². The first-order valence-electron chi connectivity index (χ1n) is 10.0. The van der Waals surface area contributed by atoms with Gasteiger partial charge in [-0.3, -0.25) is 9.59 Å². The molecule has 4 nitrogen and oxygen atoms in total. The smallest absolute Gasteiger partial charge is 0.239 e. The van der Waals surface area contributed by atoms with Crippen molar-refractivity contribution in [1.29, 1.82) is 0 Å². The maximum absolute atomic E-state index is 13.8. The number of hydrogen-bond donors (Lipinski definition) is 1. The molecule has 0 saturated carbocycles. The van der Waals surface area contributed by atoms with Gasteiger partial charge in [0, 0.05) is 9.49 Å². The molecule has 3 aliphatic carbocycles. The lowest BCUT2D eigenvalue weighted by atomic mass is 9.47.